The van der Waals surface area contributed by atoms with Crippen LogP contribution in [-0.4, -0.2) is 35.5 Å². The Bertz CT molecular complexity index is 652. The fraction of sp³-hybridized carbons (Fsp3) is 0.154. The highest BCUT2D eigenvalue weighted by atomic mass is 16.4. The van der Waals surface area contributed by atoms with Crippen LogP contribution < -0.4 is 4.90 Å². The van der Waals surface area contributed by atoms with Crippen molar-refractivity contribution in [3.8, 4) is 0 Å². The fourth-order valence-electron chi connectivity index (χ4n) is 2.02. The lowest BCUT2D eigenvalue weighted by atomic mass is 10.1. The zero-order valence-corrected chi connectivity index (χ0v) is 9.58. The Morgan fingerprint density at radius 1 is 1.33 bits per heavy atom. The molecule has 0 fully saturated rings. The molecular weight excluding hydrogens is 230 g/mol. The van der Waals surface area contributed by atoms with E-state index in [-0.39, 0.29) is 5.56 Å². The number of rotatable bonds is 2. The van der Waals surface area contributed by atoms with Crippen LogP contribution in [0, 0.1) is 0 Å². The highest BCUT2D eigenvalue weighted by molar-refractivity contribution is 6.01. The maximum atomic E-state index is 11.3. The van der Waals surface area contributed by atoms with Crippen LogP contribution in [0.4, 0.5) is 5.82 Å². The molecule has 2 heterocycles. The molecule has 0 saturated heterocycles. The van der Waals surface area contributed by atoms with Gasteiger partial charge in [-0.3, -0.25) is 4.99 Å². The van der Waals surface area contributed by atoms with Crippen molar-refractivity contribution in [2.75, 3.05) is 18.0 Å². The van der Waals surface area contributed by atoms with Crippen LogP contribution in [0.1, 0.15) is 10.4 Å². The first-order valence-corrected chi connectivity index (χ1v) is 5.65. The van der Waals surface area contributed by atoms with Gasteiger partial charge in [-0.1, -0.05) is 18.2 Å². The van der Waals surface area contributed by atoms with Gasteiger partial charge in [0.2, 0.25) is 0 Å². The number of benzene rings is 1. The molecule has 5 nitrogen and oxygen atoms in total. The Balaban J connectivity index is 2.23. The van der Waals surface area contributed by atoms with Crippen LogP contribution in [0.3, 0.4) is 0 Å². The summed E-state index contributed by atoms with van der Waals surface area (Å²) in [6.45, 7) is 1.35. The number of aliphatic imine (C=N–C) groups is 1. The number of aromatic nitrogens is 1. The molecule has 0 unspecified atom stereocenters. The van der Waals surface area contributed by atoms with E-state index in [1.165, 1.54) is 0 Å². The lowest BCUT2D eigenvalue weighted by molar-refractivity contribution is 0.0697. The summed E-state index contributed by atoms with van der Waals surface area (Å²) in [5, 5.41) is 10.1. The predicted molar refractivity (Wildman–Crippen MR) is 69.4 cm³/mol. The number of carbonyl (C=O) groups is 1. The van der Waals surface area contributed by atoms with E-state index < -0.39 is 5.97 Å². The Hall–Kier alpha value is -2.43. The molecule has 0 amide bonds. The van der Waals surface area contributed by atoms with Gasteiger partial charge >= 0.3 is 5.97 Å². The van der Waals surface area contributed by atoms with E-state index in [2.05, 4.69) is 9.98 Å². The normalized spacial score (nSPS) is 14.3. The van der Waals surface area contributed by atoms with Gasteiger partial charge in [0.05, 0.1) is 18.4 Å². The number of hydrogen-bond acceptors (Lipinski definition) is 4. The van der Waals surface area contributed by atoms with Crippen LogP contribution in [0.5, 0.6) is 0 Å². The van der Waals surface area contributed by atoms with Gasteiger partial charge in [-0.05, 0) is 12.1 Å². The van der Waals surface area contributed by atoms with Gasteiger partial charge in [0.25, 0.3) is 0 Å². The number of fused-ring (bicyclic) bond motifs is 1. The van der Waals surface area contributed by atoms with Crippen molar-refractivity contribution in [1.82, 2.24) is 4.98 Å². The Kier molecular flexibility index (Phi) is 2.44. The molecule has 1 aliphatic heterocycles. The summed E-state index contributed by atoms with van der Waals surface area (Å²) in [5.41, 5.74) is 1.000. The smallest absolute Gasteiger partial charge is 0.339 e. The number of hydrogen-bond donors (Lipinski definition) is 1. The topological polar surface area (TPSA) is 65.8 Å². The van der Waals surface area contributed by atoms with E-state index in [0.717, 1.165) is 10.9 Å². The van der Waals surface area contributed by atoms with Gasteiger partial charge in [-0.25, -0.2) is 9.78 Å². The maximum Gasteiger partial charge on any atom is 0.339 e. The number of aromatic carboxylic acids is 1. The number of nitrogens with zero attached hydrogens (tertiary/aromatic N) is 3. The van der Waals surface area contributed by atoms with E-state index in [1.54, 1.807) is 17.3 Å². The Morgan fingerprint density at radius 2 is 2.17 bits per heavy atom. The molecule has 5 heteroatoms. The second kappa shape index (κ2) is 4.10. The largest absolute Gasteiger partial charge is 0.478 e. The van der Waals surface area contributed by atoms with Crippen LogP contribution in [0.25, 0.3) is 10.9 Å². The molecule has 1 aliphatic rings. The van der Waals surface area contributed by atoms with Crippen molar-refractivity contribution in [3.05, 3.63) is 35.9 Å². The third kappa shape index (κ3) is 1.69. The fourth-order valence-corrected chi connectivity index (χ4v) is 2.02. The molecule has 0 spiro atoms. The van der Waals surface area contributed by atoms with Gasteiger partial charge in [0.1, 0.15) is 11.4 Å². The summed E-state index contributed by atoms with van der Waals surface area (Å²) in [6.07, 6.45) is 1.64. The zero-order chi connectivity index (χ0) is 12.5. The maximum absolute atomic E-state index is 11.3. The van der Waals surface area contributed by atoms with Gasteiger partial charge in [0.15, 0.2) is 0 Å². The first-order valence-electron chi connectivity index (χ1n) is 5.65. The second-order valence-electron chi connectivity index (χ2n) is 4.07. The molecule has 0 atom stereocenters. The standard InChI is InChI=1S/C13H11N3O2/c17-13(18)10-7-9-3-1-2-4-11(9)15-12(10)16-6-5-14-8-16/h1-4,7-8H,5-6H2,(H,17,18). The molecule has 18 heavy (non-hydrogen) atoms. The molecule has 1 N–H and O–H groups in total. The Labute approximate surface area is 103 Å². The van der Waals surface area contributed by atoms with E-state index >= 15 is 0 Å². The average Bonchev–Trinajstić information content (AvgIpc) is 2.91. The molecule has 90 valence electrons. The first kappa shape index (κ1) is 10.7. The molecule has 0 radical (unpaired) electrons. The van der Waals surface area contributed by atoms with Gasteiger partial charge in [0, 0.05) is 11.9 Å². The van der Waals surface area contributed by atoms with Crippen molar-refractivity contribution in [2.45, 2.75) is 0 Å². The van der Waals surface area contributed by atoms with E-state index in [0.29, 0.717) is 18.9 Å². The highest BCUT2D eigenvalue weighted by Crippen LogP contribution is 2.23. The molecule has 0 bridgehead atoms. The number of anilines is 1. The van der Waals surface area contributed by atoms with E-state index in [9.17, 15) is 9.90 Å². The van der Waals surface area contributed by atoms with E-state index in [4.69, 9.17) is 0 Å². The number of pyridine rings is 1. The third-order valence-electron chi connectivity index (χ3n) is 2.90. The summed E-state index contributed by atoms with van der Waals surface area (Å²) in [6, 6.07) is 9.14. The van der Waals surface area contributed by atoms with Crippen LogP contribution in [0.15, 0.2) is 35.3 Å². The van der Waals surface area contributed by atoms with Crippen molar-refractivity contribution in [3.63, 3.8) is 0 Å². The van der Waals surface area contributed by atoms with Crippen molar-refractivity contribution in [2.24, 2.45) is 4.99 Å². The minimum absolute atomic E-state index is 0.210. The predicted octanol–water partition coefficient (Wildman–Crippen LogP) is 1.78. The highest BCUT2D eigenvalue weighted by Gasteiger charge is 2.19. The Morgan fingerprint density at radius 3 is 2.89 bits per heavy atom. The van der Waals surface area contributed by atoms with Crippen LogP contribution >= 0.6 is 0 Å². The first-order chi connectivity index (χ1) is 8.75. The summed E-state index contributed by atoms with van der Waals surface area (Å²) in [7, 11) is 0. The van der Waals surface area contributed by atoms with E-state index in [1.807, 2.05) is 24.3 Å². The van der Waals surface area contributed by atoms with Gasteiger partial charge in [-0.2, -0.15) is 0 Å². The van der Waals surface area contributed by atoms with Crippen LogP contribution in [0.2, 0.25) is 0 Å². The van der Waals surface area contributed by atoms with Crippen LogP contribution in [-0.2, 0) is 0 Å². The summed E-state index contributed by atoms with van der Waals surface area (Å²) >= 11 is 0. The molecule has 2 aromatic rings. The quantitative estimate of drug-likeness (QED) is 0.870. The van der Waals surface area contributed by atoms with Gasteiger partial charge in [-0.15, -0.1) is 0 Å². The van der Waals surface area contributed by atoms with Gasteiger partial charge < -0.3 is 10.0 Å². The minimum atomic E-state index is -0.969. The summed E-state index contributed by atoms with van der Waals surface area (Å²) in [5.74, 6) is -0.508. The molecule has 0 aliphatic carbocycles. The minimum Gasteiger partial charge on any atom is -0.478 e. The lowest BCUT2D eigenvalue weighted by Crippen LogP contribution is -2.22. The summed E-state index contributed by atoms with van der Waals surface area (Å²) in [4.78, 5) is 21.6. The average molecular weight is 241 g/mol. The van der Waals surface area contributed by atoms with Crippen molar-refractivity contribution < 1.29 is 9.90 Å². The summed E-state index contributed by atoms with van der Waals surface area (Å²) < 4.78 is 0. The lowest BCUT2D eigenvalue weighted by Gasteiger charge is -2.16. The van der Waals surface area contributed by atoms with Crippen molar-refractivity contribution in [1.29, 1.82) is 0 Å². The van der Waals surface area contributed by atoms with Crippen molar-refractivity contribution >= 4 is 29.0 Å². The molecule has 1 aromatic heterocycles. The zero-order valence-electron chi connectivity index (χ0n) is 9.58. The monoisotopic (exact) mass is 241 g/mol. The number of para-hydroxylation sites is 1. The number of carboxylic acid groups (broad SMARTS) is 1. The second-order valence-corrected chi connectivity index (χ2v) is 4.07. The SMILES string of the molecule is O=C(O)c1cc2ccccc2nc1N1C=NCC1. The third-order valence-corrected chi connectivity index (χ3v) is 2.90. The number of carboxylic acids is 1. The molecule has 0 saturated carbocycles. The molecular formula is C13H11N3O2. The molecule has 3 rings (SSSR count). The molecule has 1 aromatic carbocycles.